The molecule has 1 amide bonds. The average Bonchev–Trinajstić information content (AvgIpc) is 2.37. The summed E-state index contributed by atoms with van der Waals surface area (Å²) >= 11 is 0. The lowest BCUT2D eigenvalue weighted by atomic mass is 10.0. The molecule has 0 saturated carbocycles. The highest BCUT2D eigenvalue weighted by atomic mass is 16.6. The SMILES string of the molecule is COc1ccc(NC(=O)[C@H](N)C(C)C)c([N+](=O)[O-])c1. The fraction of sp³-hybridized carbons (Fsp3) is 0.417. The number of benzene rings is 1. The van der Waals surface area contributed by atoms with Gasteiger partial charge in [0, 0.05) is 0 Å². The Labute approximate surface area is 110 Å². The number of amides is 1. The van der Waals surface area contributed by atoms with Crippen LogP contribution < -0.4 is 15.8 Å². The highest BCUT2D eigenvalue weighted by Gasteiger charge is 2.22. The van der Waals surface area contributed by atoms with Crippen molar-refractivity contribution in [2.24, 2.45) is 11.7 Å². The van der Waals surface area contributed by atoms with Crippen molar-refractivity contribution in [2.45, 2.75) is 19.9 Å². The molecular formula is C12H17N3O4. The third-order valence-corrected chi connectivity index (χ3v) is 2.68. The molecule has 3 N–H and O–H groups in total. The molecule has 0 bridgehead atoms. The molecule has 0 heterocycles. The maximum absolute atomic E-state index is 11.8. The molecule has 0 aliphatic rings. The summed E-state index contributed by atoms with van der Waals surface area (Å²) in [5, 5.41) is 13.4. The molecule has 0 saturated heterocycles. The number of anilines is 1. The molecule has 7 heteroatoms. The number of nitro benzene ring substituents is 1. The molecule has 1 aromatic rings. The van der Waals surface area contributed by atoms with E-state index in [-0.39, 0.29) is 17.3 Å². The van der Waals surface area contributed by atoms with Crippen molar-refractivity contribution in [3.05, 3.63) is 28.3 Å². The molecule has 0 unspecified atom stereocenters. The summed E-state index contributed by atoms with van der Waals surface area (Å²) < 4.78 is 4.91. The number of ether oxygens (including phenoxy) is 1. The Hall–Kier alpha value is -2.15. The number of rotatable bonds is 5. The van der Waals surface area contributed by atoms with Gasteiger partial charge in [0.05, 0.1) is 24.1 Å². The molecule has 19 heavy (non-hydrogen) atoms. The van der Waals surface area contributed by atoms with Gasteiger partial charge in [0.1, 0.15) is 11.4 Å². The average molecular weight is 267 g/mol. The van der Waals surface area contributed by atoms with Gasteiger partial charge in [0.25, 0.3) is 5.69 Å². The Morgan fingerprint density at radius 2 is 2.11 bits per heavy atom. The molecule has 0 aliphatic carbocycles. The molecule has 104 valence electrons. The number of nitro groups is 1. The number of methoxy groups -OCH3 is 1. The van der Waals surface area contributed by atoms with Crippen molar-refractivity contribution in [1.29, 1.82) is 0 Å². The first-order chi connectivity index (χ1) is 8.86. The Morgan fingerprint density at radius 3 is 2.58 bits per heavy atom. The second-order valence-corrected chi connectivity index (χ2v) is 4.40. The summed E-state index contributed by atoms with van der Waals surface area (Å²) in [6, 6.07) is 3.48. The second-order valence-electron chi connectivity index (χ2n) is 4.40. The van der Waals surface area contributed by atoms with E-state index < -0.39 is 16.9 Å². The van der Waals surface area contributed by atoms with Gasteiger partial charge in [-0.05, 0) is 18.1 Å². The van der Waals surface area contributed by atoms with Crippen LogP contribution in [0.4, 0.5) is 11.4 Å². The minimum atomic E-state index is -0.721. The maximum Gasteiger partial charge on any atom is 0.296 e. The standard InChI is InChI=1S/C12H17N3O4/c1-7(2)11(13)12(16)14-9-5-4-8(19-3)6-10(9)15(17)18/h4-7,11H,13H2,1-3H3,(H,14,16)/t11-/m1/s1. The minimum absolute atomic E-state index is 0.0581. The smallest absolute Gasteiger partial charge is 0.296 e. The van der Waals surface area contributed by atoms with Crippen molar-refractivity contribution in [1.82, 2.24) is 0 Å². The second kappa shape index (κ2) is 6.14. The van der Waals surface area contributed by atoms with E-state index in [2.05, 4.69) is 5.32 Å². The van der Waals surface area contributed by atoms with Gasteiger partial charge in [-0.2, -0.15) is 0 Å². The Kier molecular flexibility index (Phi) is 4.82. The molecule has 0 aromatic heterocycles. The summed E-state index contributed by atoms with van der Waals surface area (Å²) in [5.74, 6) is -0.168. The fourth-order valence-corrected chi connectivity index (χ4v) is 1.41. The van der Waals surface area contributed by atoms with Crippen LogP contribution in [0.2, 0.25) is 0 Å². The highest BCUT2D eigenvalue weighted by molar-refractivity contribution is 5.96. The number of nitrogens with two attached hydrogens (primary N) is 1. The van der Waals surface area contributed by atoms with Crippen LogP contribution in [0.5, 0.6) is 5.75 Å². The van der Waals surface area contributed by atoms with E-state index in [0.717, 1.165) is 0 Å². The fourth-order valence-electron chi connectivity index (χ4n) is 1.41. The van der Waals surface area contributed by atoms with Crippen molar-refractivity contribution in [3.8, 4) is 5.75 Å². The molecule has 0 fully saturated rings. The van der Waals surface area contributed by atoms with Gasteiger partial charge in [-0.25, -0.2) is 0 Å². The van der Waals surface area contributed by atoms with E-state index in [1.54, 1.807) is 13.8 Å². The number of carbonyl (C=O) groups excluding carboxylic acids is 1. The van der Waals surface area contributed by atoms with Crippen molar-refractivity contribution < 1.29 is 14.5 Å². The first kappa shape index (κ1) is 14.9. The van der Waals surface area contributed by atoms with Gasteiger partial charge in [-0.1, -0.05) is 13.8 Å². The number of nitrogens with one attached hydrogen (secondary N) is 1. The lowest BCUT2D eigenvalue weighted by Gasteiger charge is -2.15. The Balaban J connectivity index is 3.01. The normalized spacial score (nSPS) is 12.1. The van der Waals surface area contributed by atoms with Crippen LogP contribution in [0, 0.1) is 16.0 Å². The van der Waals surface area contributed by atoms with Crippen LogP contribution in [-0.4, -0.2) is 24.0 Å². The quantitative estimate of drug-likeness (QED) is 0.621. The highest BCUT2D eigenvalue weighted by Crippen LogP contribution is 2.29. The van der Waals surface area contributed by atoms with E-state index in [0.29, 0.717) is 5.75 Å². The maximum atomic E-state index is 11.8. The van der Waals surface area contributed by atoms with E-state index in [9.17, 15) is 14.9 Å². The Bertz CT molecular complexity index is 488. The summed E-state index contributed by atoms with van der Waals surface area (Å²) in [7, 11) is 1.41. The van der Waals surface area contributed by atoms with Crippen LogP contribution in [0.15, 0.2) is 18.2 Å². The zero-order valence-corrected chi connectivity index (χ0v) is 11.0. The molecule has 1 aromatic carbocycles. The summed E-state index contributed by atoms with van der Waals surface area (Å²) in [6.07, 6.45) is 0. The topological polar surface area (TPSA) is 107 Å². The van der Waals surface area contributed by atoms with Crippen LogP contribution in [0.3, 0.4) is 0 Å². The predicted octanol–water partition coefficient (Wildman–Crippen LogP) is 1.53. The van der Waals surface area contributed by atoms with Gasteiger partial charge >= 0.3 is 0 Å². The first-order valence-electron chi connectivity index (χ1n) is 5.75. The van der Waals surface area contributed by atoms with Gasteiger partial charge < -0.3 is 15.8 Å². The lowest BCUT2D eigenvalue weighted by molar-refractivity contribution is -0.384. The van der Waals surface area contributed by atoms with Gasteiger partial charge in [-0.3, -0.25) is 14.9 Å². The van der Waals surface area contributed by atoms with Gasteiger partial charge in [-0.15, -0.1) is 0 Å². The molecule has 1 atom stereocenters. The summed E-state index contributed by atoms with van der Waals surface area (Å²) in [5.41, 5.74) is 5.55. The van der Waals surface area contributed by atoms with Crippen LogP contribution in [0.1, 0.15) is 13.8 Å². The van der Waals surface area contributed by atoms with Crippen molar-refractivity contribution in [3.63, 3.8) is 0 Å². The Morgan fingerprint density at radius 1 is 1.47 bits per heavy atom. The van der Waals surface area contributed by atoms with Gasteiger partial charge in [0.15, 0.2) is 0 Å². The van der Waals surface area contributed by atoms with E-state index in [1.165, 1.54) is 25.3 Å². The third kappa shape index (κ3) is 3.65. The van der Waals surface area contributed by atoms with E-state index >= 15 is 0 Å². The molecule has 0 aliphatic heterocycles. The molecule has 0 spiro atoms. The van der Waals surface area contributed by atoms with Crippen LogP contribution in [-0.2, 0) is 4.79 Å². The molecule has 7 nitrogen and oxygen atoms in total. The monoisotopic (exact) mass is 267 g/mol. The first-order valence-corrected chi connectivity index (χ1v) is 5.75. The molecular weight excluding hydrogens is 250 g/mol. The zero-order chi connectivity index (χ0) is 14.6. The predicted molar refractivity (Wildman–Crippen MR) is 71.1 cm³/mol. The summed E-state index contributed by atoms with van der Waals surface area (Å²) in [6.45, 7) is 3.60. The van der Waals surface area contributed by atoms with Crippen LogP contribution in [0.25, 0.3) is 0 Å². The third-order valence-electron chi connectivity index (χ3n) is 2.68. The van der Waals surface area contributed by atoms with E-state index in [1.807, 2.05) is 0 Å². The van der Waals surface area contributed by atoms with Gasteiger partial charge in [0.2, 0.25) is 5.91 Å². The molecule has 1 rings (SSSR count). The lowest BCUT2D eigenvalue weighted by Crippen LogP contribution is -2.39. The van der Waals surface area contributed by atoms with Crippen molar-refractivity contribution in [2.75, 3.05) is 12.4 Å². The van der Waals surface area contributed by atoms with E-state index in [4.69, 9.17) is 10.5 Å². The number of hydrogen-bond donors (Lipinski definition) is 2. The zero-order valence-electron chi connectivity index (χ0n) is 11.0. The number of carbonyl (C=O) groups is 1. The van der Waals surface area contributed by atoms with Crippen LogP contribution >= 0.6 is 0 Å². The number of nitrogens with zero attached hydrogens (tertiary/aromatic N) is 1. The largest absolute Gasteiger partial charge is 0.496 e. The number of hydrogen-bond acceptors (Lipinski definition) is 5. The van der Waals surface area contributed by atoms with Crippen molar-refractivity contribution >= 4 is 17.3 Å². The minimum Gasteiger partial charge on any atom is -0.496 e. The molecule has 0 radical (unpaired) electrons. The summed E-state index contributed by atoms with van der Waals surface area (Å²) in [4.78, 5) is 22.2.